The van der Waals surface area contributed by atoms with Crippen LogP contribution >= 0.6 is 11.3 Å². The van der Waals surface area contributed by atoms with Crippen molar-refractivity contribution in [2.45, 2.75) is 22.2 Å². The fourth-order valence-corrected chi connectivity index (χ4v) is 6.04. The highest BCUT2D eigenvalue weighted by atomic mass is 32.2. The van der Waals surface area contributed by atoms with Crippen LogP contribution in [0.5, 0.6) is 0 Å². The number of benzene rings is 1. The van der Waals surface area contributed by atoms with E-state index in [-0.39, 0.29) is 48.2 Å². The molecule has 2 aromatic rings. The predicted molar refractivity (Wildman–Crippen MR) is 114 cm³/mol. The average Bonchev–Trinajstić information content (AvgIpc) is 3.31. The number of alkyl halides is 6. The van der Waals surface area contributed by atoms with Crippen molar-refractivity contribution in [3.63, 3.8) is 0 Å². The number of halogens is 6. The molecule has 0 bridgehead atoms. The largest absolute Gasteiger partial charge is 0.430 e. The third-order valence-corrected chi connectivity index (χ3v) is 8.50. The quantitative estimate of drug-likeness (QED) is 0.472. The van der Waals surface area contributed by atoms with Crippen molar-refractivity contribution in [3.8, 4) is 11.8 Å². The van der Waals surface area contributed by atoms with Gasteiger partial charge in [0.1, 0.15) is 4.21 Å². The van der Waals surface area contributed by atoms with E-state index in [0.717, 1.165) is 17.4 Å². The van der Waals surface area contributed by atoms with E-state index in [1.54, 1.807) is 16.3 Å². The van der Waals surface area contributed by atoms with E-state index in [1.165, 1.54) is 10.4 Å². The van der Waals surface area contributed by atoms with Gasteiger partial charge >= 0.3 is 12.4 Å². The van der Waals surface area contributed by atoms with E-state index in [4.69, 9.17) is 5.73 Å². The van der Waals surface area contributed by atoms with Gasteiger partial charge in [0.05, 0.1) is 12.2 Å². The van der Waals surface area contributed by atoms with Gasteiger partial charge in [-0.25, -0.2) is 8.42 Å². The van der Waals surface area contributed by atoms with E-state index in [1.807, 2.05) is 0 Å². The molecule has 3 rings (SSSR count). The Bertz CT molecular complexity index is 1160. The molecule has 1 saturated heterocycles. The SMILES string of the molecule is NCC#Cc1cc(C(O)(C(F)(F)F)C(F)(F)F)ccc1N1CCN(S(=O)(=O)c2cccs2)CC1. The summed E-state index contributed by atoms with van der Waals surface area (Å²) in [7, 11) is -3.71. The maximum atomic E-state index is 13.3. The number of hydrogen-bond acceptors (Lipinski definition) is 6. The number of piperazine rings is 1. The summed E-state index contributed by atoms with van der Waals surface area (Å²) in [5.74, 6) is 4.85. The fourth-order valence-electron chi connectivity index (χ4n) is 3.48. The highest BCUT2D eigenvalue weighted by Gasteiger charge is 2.71. The highest BCUT2D eigenvalue weighted by molar-refractivity contribution is 7.91. The molecule has 0 amide bonds. The van der Waals surface area contributed by atoms with Crippen molar-refractivity contribution in [2.24, 2.45) is 5.73 Å². The van der Waals surface area contributed by atoms with Crippen LogP contribution in [0, 0.1) is 11.8 Å². The maximum absolute atomic E-state index is 13.3. The van der Waals surface area contributed by atoms with Crippen LogP contribution in [0.2, 0.25) is 0 Å². The van der Waals surface area contributed by atoms with E-state index in [0.29, 0.717) is 12.1 Å². The molecule has 1 aliphatic rings. The lowest BCUT2D eigenvalue weighted by Gasteiger charge is -2.36. The topological polar surface area (TPSA) is 86.9 Å². The van der Waals surface area contributed by atoms with Gasteiger partial charge < -0.3 is 15.7 Å². The first-order chi connectivity index (χ1) is 15.7. The third-order valence-electron chi connectivity index (χ3n) is 5.23. The average molecular weight is 528 g/mol. The molecule has 6 nitrogen and oxygen atoms in total. The Morgan fingerprint density at radius 3 is 2.15 bits per heavy atom. The Kier molecular flexibility index (Phi) is 7.26. The van der Waals surface area contributed by atoms with E-state index in [9.17, 15) is 39.9 Å². The molecule has 0 aliphatic carbocycles. The summed E-state index contributed by atoms with van der Waals surface area (Å²) >= 11 is 1.06. The molecule has 0 saturated carbocycles. The molecule has 0 atom stereocenters. The van der Waals surface area contributed by atoms with Crippen molar-refractivity contribution >= 4 is 27.0 Å². The van der Waals surface area contributed by atoms with Gasteiger partial charge in [-0.1, -0.05) is 24.0 Å². The monoisotopic (exact) mass is 527 g/mol. The van der Waals surface area contributed by atoms with Crippen molar-refractivity contribution in [1.29, 1.82) is 0 Å². The lowest BCUT2D eigenvalue weighted by molar-refractivity contribution is -0.376. The lowest BCUT2D eigenvalue weighted by atomic mass is 9.90. The first-order valence-corrected chi connectivity index (χ1v) is 12.0. The second-order valence-electron chi connectivity index (χ2n) is 7.27. The minimum absolute atomic E-state index is 0.0424. The van der Waals surface area contributed by atoms with Gasteiger partial charge in [-0.15, -0.1) is 11.3 Å². The second kappa shape index (κ2) is 9.38. The molecule has 0 unspecified atom stereocenters. The summed E-state index contributed by atoms with van der Waals surface area (Å²) in [6.45, 7) is 0.106. The van der Waals surface area contributed by atoms with Crippen LogP contribution in [0.25, 0.3) is 0 Å². The first kappa shape index (κ1) is 26.3. The van der Waals surface area contributed by atoms with Crippen LogP contribution in [-0.2, 0) is 15.6 Å². The number of aliphatic hydroxyl groups is 1. The summed E-state index contributed by atoms with van der Waals surface area (Å²) < 4.78 is 107. The van der Waals surface area contributed by atoms with Crippen molar-refractivity contribution in [2.75, 3.05) is 37.6 Å². The smallest absolute Gasteiger partial charge is 0.369 e. The summed E-state index contributed by atoms with van der Waals surface area (Å²) in [5.41, 5.74) is -1.22. The maximum Gasteiger partial charge on any atom is 0.430 e. The zero-order chi connectivity index (χ0) is 25.4. The van der Waals surface area contributed by atoms with Crippen LogP contribution in [-0.4, -0.2) is 62.9 Å². The second-order valence-corrected chi connectivity index (χ2v) is 10.4. The third kappa shape index (κ3) is 4.76. The molecule has 1 fully saturated rings. The molecule has 34 heavy (non-hydrogen) atoms. The van der Waals surface area contributed by atoms with E-state index < -0.39 is 33.5 Å². The minimum atomic E-state index is -6.03. The Morgan fingerprint density at radius 1 is 1.03 bits per heavy atom. The Morgan fingerprint density at radius 2 is 1.65 bits per heavy atom. The number of anilines is 1. The lowest BCUT2D eigenvalue weighted by Crippen LogP contribution is -2.54. The molecule has 0 radical (unpaired) electrons. The number of sulfonamides is 1. The zero-order valence-corrected chi connectivity index (χ0v) is 19.0. The number of rotatable bonds is 4. The Hall–Kier alpha value is -2.31. The van der Waals surface area contributed by atoms with E-state index >= 15 is 0 Å². The van der Waals surface area contributed by atoms with Crippen molar-refractivity contribution < 1.29 is 39.9 Å². The first-order valence-electron chi connectivity index (χ1n) is 9.71. The van der Waals surface area contributed by atoms with Gasteiger partial charge in [0.2, 0.25) is 0 Å². The molecule has 3 N–H and O–H groups in total. The number of nitrogens with zero attached hydrogens (tertiary/aromatic N) is 2. The predicted octanol–water partition coefficient (Wildman–Crippen LogP) is 2.88. The summed E-state index contributed by atoms with van der Waals surface area (Å²) in [6.07, 6.45) is -12.1. The molecular weight excluding hydrogens is 508 g/mol. The standard InChI is InChI=1S/C20H19F6N3O3S2/c21-19(22,23)18(30,20(24,25)26)15-5-6-16(14(13-15)3-1-7-27)28-8-10-29(11-9-28)34(31,32)17-4-2-12-33-17/h2,4-6,12-13,30H,7-11,27H2. The molecule has 14 heteroatoms. The fraction of sp³-hybridized carbons (Fsp3) is 0.400. The van der Waals surface area contributed by atoms with Crippen molar-refractivity contribution in [3.05, 3.63) is 46.8 Å². The van der Waals surface area contributed by atoms with Gasteiger partial charge in [-0.05, 0) is 23.6 Å². The van der Waals surface area contributed by atoms with Gasteiger partial charge in [-0.2, -0.15) is 30.6 Å². The normalized spacial score (nSPS) is 16.3. The van der Waals surface area contributed by atoms with Crippen LogP contribution in [0.15, 0.2) is 39.9 Å². The van der Waals surface area contributed by atoms with Crippen LogP contribution in [0.3, 0.4) is 0 Å². The van der Waals surface area contributed by atoms with Gasteiger partial charge in [0, 0.05) is 37.3 Å². The molecule has 1 aromatic carbocycles. The van der Waals surface area contributed by atoms with Gasteiger partial charge in [0.25, 0.3) is 15.6 Å². The number of hydrogen-bond donors (Lipinski definition) is 2. The van der Waals surface area contributed by atoms with Crippen LogP contribution in [0.1, 0.15) is 11.1 Å². The van der Waals surface area contributed by atoms with Gasteiger partial charge in [0.15, 0.2) is 0 Å². The van der Waals surface area contributed by atoms with Crippen molar-refractivity contribution in [1.82, 2.24) is 4.31 Å². The molecule has 0 spiro atoms. The van der Waals surface area contributed by atoms with Crippen LogP contribution < -0.4 is 10.6 Å². The number of nitrogens with two attached hydrogens (primary N) is 1. The van der Waals surface area contributed by atoms with E-state index in [2.05, 4.69) is 11.8 Å². The number of thiophene rings is 1. The Balaban J connectivity index is 1.94. The molecule has 1 aromatic heterocycles. The summed E-state index contributed by atoms with van der Waals surface area (Å²) in [5, 5.41) is 11.3. The summed E-state index contributed by atoms with van der Waals surface area (Å²) in [4.78, 5) is 1.60. The zero-order valence-electron chi connectivity index (χ0n) is 17.3. The Labute approximate surface area is 195 Å². The molecule has 2 heterocycles. The van der Waals surface area contributed by atoms with Crippen LogP contribution in [0.4, 0.5) is 32.0 Å². The molecular formula is C20H19F6N3O3S2. The molecule has 186 valence electrons. The minimum Gasteiger partial charge on any atom is -0.369 e. The summed E-state index contributed by atoms with van der Waals surface area (Å²) in [6, 6.07) is 5.14. The molecule has 1 aliphatic heterocycles. The van der Waals surface area contributed by atoms with Gasteiger partial charge in [-0.3, -0.25) is 0 Å². The highest BCUT2D eigenvalue weighted by Crippen LogP contribution is 2.50.